The lowest BCUT2D eigenvalue weighted by Crippen LogP contribution is -2.57. The highest BCUT2D eigenvalue weighted by Gasteiger charge is 2.38. The van der Waals surface area contributed by atoms with E-state index in [1.54, 1.807) is 0 Å². The molecular formula is C11H21N3. The number of nitrogens with zero attached hydrogens (tertiary/aromatic N) is 3. The van der Waals surface area contributed by atoms with Crippen LogP contribution in [-0.4, -0.2) is 48.6 Å². The molecule has 1 atom stereocenters. The van der Waals surface area contributed by atoms with E-state index in [-0.39, 0.29) is 5.54 Å². The van der Waals surface area contributed by atoms with Crippen molar-refractivity contribution in [1.29, 1.82) is 5.26 Å². The predicted octanol–water partition coefficient (Wildman–Crippen LogP) is 1.32. The Balaban J connectivity index is 2.79. The Labute approximate surface area is 87.3 Å². The summed E-state index contributed by atoms with van der Waals surface area (Å²) >= 11 is 0. The number of nitriles is 1. The lowest BCUT2D eigenvalue weighted by atomic mass is 9.88. The third kappa shape index (κ3) is 2.08. The van der Waals surface area contributed by atoms with Gasteiger partial charge in [0.1, 0.15) is 5.54 Å². The summed E-state index contributed by atoms with van der Waals surface area (Å²) in [7, 11) is 2.11. The molecule has 1 unspecified atom stereocenters. The molecule has 0 aromatic carbocycles. The van der Waals surface area contributed by atoms with Crippen LogP contribution in [-0.2, 0) is 0 Å². The molecule has 0 bridgehead atoms. The van der Waals surface area contributed by atoms with Crippen LogP contribution in [0.15, 0.2) is 0 Å². The molecule has 1 fully saturated rings. The van der Waals surface area contributed by atoms with Crippen LogP contribution in [0, 0.1) is 11.3 Å². The van der Waals surface area contributed by atoms with Crippen LogP contribution in [0.2, 0.25) is 0 Å². The van der Waals surface area contributed by atoms with E-state index in [1.807, 2.05) is 0 Å². The Kier molecular flexibility index (Phi) is 3.91. The van der Waals surface area contributed by atoms with Crippen LogP contribution >= 0.6 is 0 Å². The monoisotopic (exact) mass is 195 g/mol. The molecule has 1 rings (SSSR count). The van der Waals surface area contributed by atoms with Crippen molar-refractivity contribution >= 4 is 0 Å². The first kappa shape index (κ1) is 11.5. The van der Waals surface area contributed by atoms with E-state index in [2.05, 4.69) is 36.8 Å². The summed E-state index contributed by atoms with van der Waals surface area (Å²) in [6.07, 6.45) is 2.16. The third-order valence-corrected chi connectivity index (χ3v) is 3.24. The average Bonchev–Trinajstić information content (AvgIpc) is 2.19. The van der Waals surface area contributed by atoms with Crippen LogP contribution < -0.4 is 0 Å². The Morgan fingerprint density at radius 1 is 1.43 bits per heavy atom. The van der Waals surface area contributed by atoms with Gasteiger partial charge in [-0.05, 0) is 39.5 Å². The average molecular weight is 195 g/mol. The van der Waals surface area contributed by atoms with E-state index >= 15 is 0 Å². The normalized spacial score (nSPS) is 29.1. The van der Waals surface area contributed by atoms with Gasteiger partial charge in [-0.1, -0.05) is 13.8 Å². The van der Waals surface area contributed by atoms with Gasteiger partial charge in [0, 0.05) is 6.54 Å². The van der Waals surface area contributed by atoms with Gasteiger partial charge in [-0.2, -0.15) is 5.26 Å². The highest BCUT2D eigenvalue weighted by Crippen LogP contribution is 2.26. The van der Waals surface area contributed by atoms with Crippen LogP contribution in [0.25, 0.3) is 0 Å². The first-order valence-corrected chi connectivity index (χ1v) is 5.53. The number of hydrogen-bond acceptors (Lipinski definition) is 3. The first-order chi connectivity index (χ1) is 6.68. The van der Waals surface area contributed by atoms with Crippen molar-refractivity contribution in [3.8, 4) is 6.07 Å². The summed E-state index contributed by atoms with van der Waals surface area (Å²) in [4.78, 5) is 4.56. The molecule has 0 amide bonds. The maximum Gasteiger partial charge on any atom is 0.122 e. The minimum atomic E-state index is -0.226. The fraction of sp³-hybridized carbons (Fsp3) is 0.909. The van der Waals surface area contributed by atoms with Gasteiger partial charge in [-0.3, -0.25) is 4.90 Å². The Bertz CT molecular complexity index is 217. The third-order valence-electron chi connectivity index (χ3n) is 3.24. The minimum absolute atomic E-state index is 0.226. The number of likely N-dealkylation sites (N-methyl/N-ethyl adjacent to an activating group) is 2. The first-order valence-electron chi connectivity index (χ1n) is 5.53. The summed E-state index contributed by atoms with van der Waals surface area (Å²) < 4.78 is 0. The molecular weight excluding hydrogens is 174 g/mol. The van der Waals surface area contributed by atoms with Gasteiger partial charge in [0.15, 0.2) is 0 Å². The fourth-order valence-corrected chi connectivity index (χ4v) is 2.50. The predicted molar refractivity (Wildman–Crippen MR) is 58.0 cm³/mol. The quantitative estimate of drug-likeness (QED) is 0.680. The van der Waals surface area contributed by atoms with Crippen LogP contribution in [0.3, 0.4) is 0 Å². The van der Waals surface area contributed by atoms with Gasteiger partial charge >= 0.3 is 0 Å². The highest BCUT2D eigenvalue weighted by atomic mass is 15.3. The van der Waals surface area contributed by atoms with Gasteiger partial charge in [0.25, 0.3) is 0 Å². The second kappa shape index (κ2) is 4.77. The largest absolute Gasteiger partial charge is 0.303 e. The molecule has 3 heteroatoms. The number of likely N-dealkylation sites (tertiary alicyclic amines) is 1. The smallest absolute Gasteiger partial charge is 0.122 e. The minimum Gasteiger partial charge on any atom is -0.303 e. The zero-order valence-corrected chi connectivity index (χ0v) is 9.58. The van der Waals surface area contributed by atoms with Crippen molar-refractivity contribution < 1.29 is 0 Å². The second-order valence-corrected chi connectivity index (χ2v) is 4.16. The van der Waals surface area contributed by atoms with Gasteiger partial charge in [0.2, 0.25) is 0 Å². The molecule has 1 heterocycles. The van der Waals surface area contributed by atoms with Crippen LogP contribution in [0.5, 0.6) is 0 Å². The van der Waals surface area contributed by atoms with Crippen molar-refractivity contribution in [1.82, 2.24) is 9.80 Å². The molecule has 0 radical (unpaired) electrons. The number of piperidine rings is 1. The molecule has 14 heavy (non-hydrogen) atoms. The summed E-state index contributed by atoms with van der Waals surface area (Å²) in [5.74, 6) is 0. The lowest BCUT2D eigenvalue weighted by Gasteiger charge is -2.43. The highest BCUT2D eigenvalue weighted by molar-refractivity contribution is 5.11. The molecule has 1 aliphatic heterocycles. The Morgan fingerprint density at radius 2 is 2.07 bits per heavy atom. The Hall–Kier alpha value is -0.590. The second-order valence-electron chi connectivity index (χ2n) is 4.16. The van der Waals surface area contributed by atoms with E-state index in [4.69, 9.17) is 0 Å². The van der Waals surface area contributed by atoms with Crippen molar-refractivity contribution in [3.05, 3.63) is 0 Å². The molecule has 0 aromatic heterocycles. The molecule has 1 saturated heterocycles. The van der Waals surface area contributed by atoms with Crippen LogP contribution in [0.4, 0.5) is 0 Å². The van der Waals surface area contributed by atoms with Gasteiger partial charge < -0.3 is 4.90 Å². The standard InChI is InChI=1S/C11H21N3/c1-4-14(5-2)11(9-12)7-6-8-13(3)10-11/h4-8,10H2,1-3H3. The van der Waals surface area contributed by atoms with Gasteiger partial charge in [-0.15, -0.1) is 0 Å². The van der Waals surface area contributed by atoms with Crippen molar-refractivity contribution in [2.75, 3.05) is 33.2 Å². The molecule has 1 aliphatic rings. The maximum absolute atomic E-state index is 9.37. The maximum atomic E-state index is 9.37. The molecule has 0 aromatic rings. The van der Waals surface area contributed by atoms with Gasteiger partial charge in [-0.25, -0.2) is 0 Å². The molecule has 0 aliphatic carbocycles. The van der Waals surface area contributed by atoms with Crippen molar-refractivity contribution in [2.45, 2.75) is 32.2 Å². The molecule has 0 saturated carbocycles. The summed E-state index contributed by atoms with van der Waals surface area (Å²) in [6, 6.07) is 2.53. The van der Waals surface area contributed by atoms with Gasteiger partial charge in [0.05, 0.1) is 6.07 Å². The van der Waals surface area contributed by atoms with Crippen LogP contribution in [0.1, 0.15) is 26.7 Å². The van der Waals surface area contributed by atoms with Crippen molar-refractivity contribution in [3.63, 3.8) is 0 Å². The lowest BCUT2D eigenvalue weighted by molar-refractivity contribution is 0.0694. The molecule has 80 valence electrons. The Morgan fingerprint density at radius 3 is 2.50 bits per heavy atom. The SMILES string of the molecule is CCN(CC)C1(C#N)CCCN(C)C1. The summed E-state index contributed by atoms with van der Waals surface area (Å²) in [6.45, 7) is 8.24. The zero-order valence-electron chi connectivity index (χ0n) is 9.58. The van der Waals surface area contributed by atoms with Crippen molar-refractivity contribution in [2.24, 2.45) is 0 Å². The topological polar surface area (TPSA) is 30.3 Å². The molecule has 3 nitrogen and oxygen atoms in total. The van der Waals surface area contributed by atoms with E-state index < -0.39 is 0 Å². The van der Waals surface area contributed by atoms with E-state index in [9.17, 15) is 5.26 Å². The molecule has 0 N–H and O–H groups in total. The number of rotatable bonds is 3. The van der Waals surface area contributed by atoms with E-state index in [0.717, 1.165) is 39.0 Å². The fourth-order valence-electron chi connectivity index (χ4n) is 2.50. The zero-order chi connectivity index (χ0) is 10.6. The molecule has 0 spiro atoms. The summed E-state index contributed by atoms with van der Waals surface area (Å²) in [5.41, 5.74) is -0.226. The summed E-state index contributed by atoms with van der Waals surface area (Å²) in [5, 5.41) is 9.37. The van der Waals surface area contributed by atoms with E-state index in [1.165, 1.54) is 0 Å². The number of hydrogen-bond donors (Lipinski definition) is 0. The van der Waals surface area contributed by atoms with E-state index in [0.29, 0.717) is 0 Å².